The molecule has 3 nitrogen and oxygen atoms in total. The third-order valence-electron chi connectivity index (χ3n) is 8.07. The molecule has 4 heteroatoms. The fourth-order valence-electron chi connectivity index (χ4n) is 6.26. The molecule has 3 atom stereocenters. The predicted octanol–water partition coefficient (Wildman–Crippen LogP) is 5.61. The van der Waals surface area contributed by atoms with Crippen LogP contribution < -0.4 is 5.32 Å². The van der Waals surface area contributed by atoms with Crippen molar-refractivity contribution in [1.82, 2.24) is 10.2 Å². The van der Waals surface area contributed by atoms with E-state index in [0.29, 0.717) is 23.1 Å². The van der Waals surface area contributed by atoms with Crippen molar-refractivity contribution in [2.24, 2.45) is 23.2 Å². The smallest absolute Gasteiger partial charge is 0.239 e. The zero-order chi connectivity index (χ0) is 22.9. The van der Waals surface area contributed by atoms with E-state index >= 15 is 0 Å². The number of halogens is 1. The van der Waals surface area contributed by atoms with Crippen molar-refractivity contribution in [1.29, 1.82) is 0 Å². The summed E-state index contributed by atoms with van der Waals surface area (Å²) in [6.07, 6.45) is 8.92. The summed E-state index contributed by atoms with van der Waals surface area (Å²) >= 11 is 6.32. The first-order chi connectivity index (χ1) is 15.2. The van der Waals surface area contributed by atoms with E-state index in [9.17, 15) is 4.79 Å². The summed E-state index contributed by atoms with van der Waals surface area (Å²) in [6, 6.07) is 8.68. The number of rotatable bonds is 6. The van der Waals surface area contributed by atoms with Crippen LogP contribution in [0, 0.1) is 23.2 Å². The molecule has 0 spiro atoms. The number of nitrogens with zero attached hydrogens (tertiary/aromatic N) is 1. The van der Waals surface area contributed by atoms with Crippen LogP contribution in [0.3, 0.4) is 0 Å². The van der Waals surface area contributed by atoms with Crippen LogP contribution in [-0.4, -0.2) is 41.9 Å². The van der Waals surface area contributed by atoms with Gasteiger partial charge in [-0.3, -0.25) is 4.79 Å². The topological polar surface area (TPSA) is 32.3 Å². The molecule has 0 bridgehead atoms. The van der Waals surface area contributed by atoms with Gasteiger partial charge in [-0.2, -0.15) is 0 Å². The number of hydrogen-bond donors (Lipinski definition) is 1. The van der Waals surface area contributed by atoms with Gasteiger partial charge in [-0.25, -0.2) is 0 Å². The molecule has 1 aromatic carbocycles. The van der Waals surface area contributed by atoms with Gasteiger partial charge in [0.05, 0.1) is 6.04 Å². The molecule has 0 aromatic heterocycles. The first-order valence-electron chi connectivity index (χ1n) is 12.7. The Kier molecular flexibility index (Phi) is 7.36. The largest absolute Gasteiger partial charge is 0.341 e. The van der Waals surface area contributed by atoms with Gasteiger partial charge in [0.2, 0.25) is 5.91 Å². The molecule has 4 rings (SSSR count). The number of carbonyl (C=O) groups is 1. The lowest BCUT2D eigenvalue weighted by Gasteiger charge is -2.47. The quantitative estimate of drug-likeness (QED) is 0.445. The van der Waals surface area contributed by atoms with E-state index in [2.05, 4.69) is 68.3 Å². The van der Waals surface area contributed by atoms with Crippen molar-refractivity contribution < 1.29 is 4.79 Å². The third kappa shape index (κ3) is 5.25. The third-order valence-corrected chi connectivity index (χ3v) is 8.46. The normalized spacial score (nSPS) is 26.7. The molecular weight excluding hydrogens is 416 g/mol. The lowest BCUT2D eigenvalue weighted by molar-refractivity contribution is -0.138. The zero-order valence-electron chi connectivity index (χ0n) is 20.4. The lowest BCUT2D eigenvalue weighted by atomic mass is 9.68. The monoisotopic (exact) mass is 456 g/mol. The number of carbonyl (C=O) groups excluding carboxylic acids is 1. The molecule has 1 aromatic rings. The van der Waals surface area contributed by atoms with Crippen LogP contribution in [0.1, 0.15) is 64.5 Å². The SMILES string of the molecule is CC(C)[C@@H](NCC1Cc2ccccc2C1)C(=O)N1CC[C@H](C2=CCC(Cl)CC2)C(C)(C)C1. The highest BCUT2D eigenvalue weighted by Gasteiger charge is 2.41. The van der Waals surface area contributed by atoms with Gasteiger partial charge in [0.1, 0.15) is 0 Å². The van der Waals surface area contributed by atoms with Crippen molar-refractivity contribution in [3.8, 4) is 0 Å². The van der Waals surface area contributed by atoms with Gasteiger partial charge in [0.25, 0.3) is 0 Å². The van der Waals surface area contributed by atoms with E-state index in [1.807, 2.05) is 0 Å². The average molecular weight is 457 g/mol. The minimum Gasteiger partial charge on any atom is -0.341 e. The second-order valence-electron chi connectivity index (χ2n) is 11.4. The van der Waals surface area contributed by atoms with E-state index in [0.717, 1.165) is 58.2 Å². The number of amides is 1. The van der Waals surface area contributed by atoms with Crippen LogP contribution in [-0.2, 0) is 17.6 Å². The van der Waals surface area contributed by atoms with Crippen LogP contribution in [0.5, 0.6) is 0 Å². The Balaban J connectivity index is 1.35. The molecule has 0 radical (unpaired) electrons. The summed E-state index contributed by atoms with van der Waals surface area (Å²) < 4.78 is 0. The summed E-state index contributed by atoms with van der Waals surface area (Å²) in [5.41, 5.74) is 4.65. The number of piperidine rings is 1. The van der Waals surface area contributed by atoms with Crippen molar-refractivity contribution in [3.63, 3.8) is 0 Å². The molecule has 1 heterocycles. The Morgan fingerprint density at radius 3 is 2.44 bits per heavy atom. The Morgan fingerprint density at radius 2 is 1.88 bits per heavy atom. The maximum absolute atomic E-state index is 13.6. The summed E-state index contributed by atoms with van der Waals surface area (Å²) in [5, 5.41) is 3.98. The summed E-state index contributed by atoms with van der Waals surface area (Å²) in [5.74, 6) is 1.74. The highest BCUT2D eigenvalue weighted by atomic mass is 35.5. The minimum atomic E-state index is -0.100. The maximum atomic E-state index is 13.6. The summed E-state index contributed by atoms with van der Waals surface area (Å²) in [6.45, 7) is 11.7. The van der Waals surface area contributed by atoms with Gasteiger partial charge in [-0.15, -0.1) is 11.6 Å². The molecule has 1 fully saturated rings. The van der Waals surface area contributed by atoms with Gasteiger partial charge in [0.15, 0.2) is 0 Å². The molecule has 2 aliphatic carbocycles. The standard InChI is InChI=1S/C28H41ClN2O/c1-19(2)26(30-17-20-15-22-7-5-6-8-23(22)16-20)27(32)31-14-13-25(28(3,4)18-31)21-9-11-24(29)12-10-21/h5-9,19-20,24-26,30H,10-18H2,1-4H3/t24?,25-,26-/m1/s1. The van der Waals surface area contributed by atoms with Crippen LogP contribution in [0.4, 0.5) is 0 Å². The van der Waals surface area contributed by atoms with E-state index in [-0.39, 0.29) is 17.4 Å². The predicted molar refractivity (Wildman–Crippen MR) is 134 cm³/mol. The van der Waals surface area contributed by atoms with Crippen molar-refractivity contribution in [3.05, 3.63) is 47.0 Å². The number of hydrogen-bond acceptors (Lipinski definition) is 2. The van der Waals surface area contributed by atoms with Crippen molar-refractivity contribution >= 4 is 17.5 Å². The molecule has 1 unspecified atom stereocenters. The molecule has 176 valence electrons. The highest BCUT2D eigenvalue weighted by Crippen LogP contribution is 2.43. The fourth-order valence-corrected chi connectivity index (χ4v) is 6.46. The van der Waals surface area contributed by atoms with Gasteiger partial charge >= 0.3 is 0 Å². The first-order valence-corrected chi connectivity index (χ1v) is 13.1. The molecule has 3 aliphatic rings. The van der Waals surface area contributed by atoms with E-state index in [1.165, 1.54) is 11.1 Å². The second kappa shape index (κ2) is 9.89. The second-order valence-corrected chi connectivity index (χ2v) is 12.0. The average Bonchev–Trinajstić information content (AvgIpc) is 3.16. The van der Waals surface area contributed by atoms with Crippen LogP contribution >= 0.6 is 11.6 Å². The fraction of sp³-hybridized carbons (Fsp3) is 0.679. The van der Waals surface area contributed by atoms with Crippen LogP contribution in [0.25, 0.3) is 0 Å². The molecule has 1 aliphatic heterocycles. The Bertz CT molecular complexity index is 821. The van der Waals surface area contributed by atoms with Crippen molar-refractivity contribution in [2.45, 2.75) is 77.6 Å². The van der Waals surface area contributed by atoms with E-state index in [1.54, 1.807) is 5.57 Å². The Hall–Kier alpha value is -1.32. The van der Waals surface area contributed by atoms with Crippen LogP contribution in [0.15, 0.2) is 35.9 Å². The minimum absolute atomic E-state index is 0.100. The Labute approximate surface area is 200 Å². The highest BCUT2D eigenvalue weighted by molar-refractivity contribution is 6.20. The van der Waals surface area contributed by atoms with E-state index in [4.69, 9.17) is 11.6 Å². The summed E-state index contributed by atoms with van der Waals surface area (Å²) in [4.78, 5) is 15.8. The molecule has 1 saturated heterocycles. The number of alkyl halides is 1. The number of benzene rings is 1. The lowest BCUT2D eigenvalue weighted by Crippen LogP contribution is -2.56. The summed E-state index contributed by atoms with van der Waals surface area (Å²) in [7, 11) is 0. The Morgan fingerprint density at radius 1 is 1.19 bits per heavy atom. The first kappa shape index (κ1) is 23.8. The van der Waals surface area contributed by atoms with Gasteiger partial charge in [0, 0.05) is 18.5 Å². The molecule has 32 heavy (non-hydrogen) atoms. The van der Waals surface area contributed by atoms with Gasteiger partial charge in [-0.05, 0) is 79.4 Å². The van der Waals surface area contributed by atoms with Crippen LogP contribution in [0.2, 0.25) is 0 Å². The van der Waals surface area contributed by atoms with Gasteiger partial charge in [-0.1, -0.05) is 63.6 Å². The van der Waals surface area contributed by atoms with E-state index < -0.39 is 0 Å². The molecule has 1 N–H and O–H groups in total. The molecule has 0 saturated carbocycles. The van der Waals surface area contributed by atoms with Crippen molar-refractivity contribution in [2.75, 3.05) is 19.6 Å². The number of fused-ring (bicyclic) bond motifs is 1. The number of allylic oxidation sites excluding steroid dienone is 2. The molecular formula is C28H41ClN2O. The molecule has 1 amide bonds. The number of likely N-dealkylation sites (tertiary alicyclic amines) is 1. The van der Waals surface area contributed by atoms with Gasteiger partial charge < -0.3 is 10.2 Å². The number of nitrogens with one attached hydrogen (secondary N) is 1. The maximum Gasteiger partial charge on any atom is 0.239 e. The zero-order valence-corrected chi connectivity index (χ0v) is 21.1.